The number of carbonyl (C=O) groups excluding carboxylic acids is 3. The number of rotatable bonds is 5. The van der Waals surface area contributed by atoms with E-state index in [0.29, 0.717) is 22.5 Å². The molecule has 0 saturated carbocycles. The number of carbonyl (C=O) groups is 3. The minimum absolute atomic E-state index is 0.263. The van der Waals surface area contributed by atoms with Gasteiger partial charge in [0.1, 0.15) is 0 Å². The predicted octanol–water partition coefficient (Wildman–Crippen LogP) is 3.08. The molecule has 0 aliphatic carbocycles. The molecule has 0 spiro atoms. The van der Waals surface area contributed by atoms with Crippen LogP contribution in [-0.4, -0.2) is 23.9 Å². The molecule has 2 rings (SSSR count). The fraction of sp³-hybridized carbons (Fsp3) is 0.167. The monoisotopic (exact) mass is 379 g/mol. The van der Waals surface area contributed by atoms with Crippen LogP contribution in [0.5, 0.6) is 0 Å². The normalized spacial score (nSPS) is 10.8. The minimum Gasteiger partial charge on any atom is -0.344 e. The van der Waals surface area contributed by atoms with Crippen LogP contribution in [0, 0.1) is 0 Å². The quantitative estimate of drug-likeness (QED) is 0.746. The van der Waals surface area contributed by atoms with E-state index in [9.17, 15) is 27.6 Å². The molecule has 0 atom stereocenters. The van der Waals surface area contributed by atoms with Crippen LogP contribution in [0.1, 0.15) is 22.8 Å². The molecule has 3 amide bonds. The van der Waals surface area contributed by atoms with E-state index < -0.39 is 18.0 Å². The van der Waals surface area contributed by atoms with Crippen molar-refractivity contribution in [2.75, 3.05) is 10.6 Å². The highest BCUT2D eigenvalue weighted by Gasteiger charge is 2.38. The second-order valence-electron chi connectivity index (χ2n) is 5.59. The van der Waals surface area contributed by atoms with E-state index >= 15 is 0 Å². The van der Waals surface area contributed by atoms with Gasteiger partial charge in [-0.15, -0.1) is 0 Å². The van der Waals surface area contributed by atoms with Crippen LogP contribution >= 0.6 is 0 Å². The number of alkyl halides is 3. The molecule has 3 N–H and O–H groups in total. The Balaban J connectivity index is 1.97. The standard InChI is InChI=1S/C18H16F3N3O3/c1-11(25)23-15-4-2-3-13(9-15)16(26)24-14-7-5-12(6-8-14)10-22-17(27)18(19,20)21/h2-9H,10H2,1H3,(H,22,27)(H,23,25)(H,24,26). The number of hydrogen-bond acceptors (Lipinski definition) is 3. The van der Waals surface area contributed by atoms with Crippen LogP contribution < -0.4 is 16.0 Å². The Bertz CT molecular complexity index is 849. The summed E-state index contributed by atoms with van der Waals surface area (Å²) >= 11 is 0. The van der Waals surface area contributed by atoms with E-state index in [-0.39, 0.29) is 12.5 Å². The second kappa shape index (κ2) is 8.35. The summed E-state index contributed by atoms with van der Waals surface area (Å²) in [5.41, 5.74) is 1.67. The molecule has 0 saturated heterocycles. The van der Waals surface area contributed by atoms with Crippen molar-refractivity contribution in [3.63, 3.8) is 0 Å². The Morgan fingerprint density at radius 2 is 1.59 bits per heavy atom. The van der Waals surface area contributed by atoms with E-state index in [1.54, 1.807) is 23.5 Å². The summed E-state index contributed by atoms with van der Waals surface area (Å²) in [5.74, 6) is -2.69. The van der Waals surface area contributed by atoms with Crippen molar-refractivity contribution in [2.45, 2.75) is 19.6 Å². The van der Waals surface area contributed by atoms with Crippen molar-refractivity contribution in [3.8, 4) is 0 Å². The van der Waals surface area contributed by atoms with Crippen LogP contribution in [0.4, 0.5) is 24.5 Å². The molecule has 2 aromatic carbocycles. The Hall–Kier alpha value is -3.36. The van der Waals surface area contributed by atoms with Gasteiger partial charge >= 0.3 is 12.1 Å². The van der Waals surface area contributed by atoms with Gasteiger partial charge in [-0.05, 0) is 35.9 Å². The topological polar surface area (TPSA) is 87.3 Å². The van der Waals surface area contributed by atoms with Crippen LogP contribution in [0.25, 0.3) is 0 Å². The SMILES string of the molecule is CC(=O)Nc1cccc(C(=O)Nc2ccc(CNC(=O)C(F)(F)F)cc2)c1. The Kier molecular flexibility index (Phi) is 6.17. The molecule has 0 unspecified atom stereocenters. The summed E-state index contributed by atoms with van der Waals surface area (Å²) in [6, 6.07) is 12.3. The van der Waals surface area contributed by atoms with E-state index in [0.717, 1.165) is 0 Å². The van der Waals surface area contributed by atoms with E-state index in [2.05, 4.69) is 10.6 Å². The first-order chi connectivity index (χ1) is 12.6. The van der Waals surface area contributed by atoms with E-state index in [4.69, 9.17) is 0 Å². The lowest BCUT2D eigenvalue weighted by molar-refractivity contribution is -0.173. The number of halogens is 3. The van der Waals surface area contributed by atoms with Crippen LogP contribution in [0.15, 0.2) is 48.5 Å². The van der Waals surface area contributed by atoms with Gasteiger partial charge in [-0.3, -0.25) is 14.4 Å². The second-order valence-corrected chi connectivity index (χ2v) is 5.59. The lowest BCUT2D eigenvalue weighted by Gasteiger charge is -2.10. The average Bonchev–Trinajstić information content (AvgIpc) is 2.59. The first-order valence-corrected chi connectivity index (χ1v) is 7.78. The Labute approximate surface area is 152 Å². The van der Waals surface area contributed by atoms with Crippen molar-refractivity contribution >= 4 is 29.1 Å². The maximum Gasteiger partial charge on any atom is 0.471 e. The van der Waals surface area contributed by atoms with Gasteiger partial charge < -0.3 is 16.0 Å². The number of anilines is 2. The maximum atomic E-state index is 12.3. The molecule has 0 aliphatic rings. The molecule has 0 heterocycles. The lowest BCUT2D eigenvalue weighted by Crippen LogP contribution is -2.36. The molecule has 9 heteroatoms. The fourth-order valence-corrected chi connectivity index (χ4v) is 2.13. The van der Waals surface area contributed by atoms with Crippen molar-refractivity contribution in [3.05, 3.63) is 59.7 Å². The van der Waals surface area contributed by atoms with Crippen LogP contribution in [0.3, 0.4) is 0 Å². The van der Waals surface area contributed by atoms with Gasteiger partial charge in [-0.1, -0.05) is 18.2 Å². The van der Waals surface area contributed by atoms with Crippen LogP contribution in [-0.2, 0) is 16.1 Å². The summed E-state index contributed by atoms with van der Waals surface area (Å²) < 4.78 is 36.4. The van der Waals surface area contributed by atoms with Crippen molar-refractivity contribution in [1.82, 2.24) is 5.32 Å². The highest BCUT2D eigenvalue weighted by Crippen LogP contribution is 2.16. The zero-order chi connectivity index (χ0) is 20.0. The number of benzene rings is 2. The Morgan fingerprint density at radius 3 is 2.19 bits per heavy atom. The smallest absolute Gasteiger partial charge is 0.344 e. The molecule has 6 nitrogen and oxygen atoms in total. The third-order valence-corrected chi connectivity index (χ3v) is 3.37. The largest absolute Gasteiger partial charge is 0.471 e. The maximum absolute atomic E-state index is 12.3. The molecule has 0 aromatic heterocycles. The molecule has 2 aromatic rings. The van der Waals surface area contributed by atoms with Gasteiger partial charge in [-0.25, -0.2) is 0 Å². The Morgan fingerprint density at radius 1 is 0.926 bits per heavy atom. The van der Waals surface area contributed by atoms with Crippen molar-refractivity contribution in [1.29, 1.82) is 0 Å². The number of amides is 3. The zero-order valence-corrected chi connectivity index (χ0v) is 14.2. The molecule has 0 bridgehead atoms. The molecule has 0 fully saturated rings. The van der Waals surface area contributed by atoms with Crippen LogP contribution in [0.2, 0.25) is 0 Å². The summed E-state index contributed by atoms with van der Waals surface area (Å²) in [5, 5.41) is 6.97. The zero-order valence-electron chi connectivity index (χ0n) is 14.2. The molecular formula is C18H16F3N3O3. The third-order valence-electron chi connectivity index (χ3n) is 3.37. The van der Waals surface area contributed by atoms with Gasteiger partial charge in [-0.2, -0.15) is 13.2 Å². The molecular weight excluding hydrogens is 363 g/mol. The van der Waals surface area contributed by atoms with Gasteiger partial charge in [0, 0.05) is 30.4 Å². The summed E-state index contributed by atoms with van der Waals surface area (Å²) in [7, 11) is 0. The third kappa shape index (κ3) is 6.14. The van der Waals surface area contributed by atoms with E-state index in [1.165, 1.54) is 37.3 Å². The first-order valence-electron chi connectivity index (χ1n) is 7.78. The predicted molar refractivity (Wildman–Crippen MR) is 93.0 cm³/mol. The molecule has 27 heavy (non-hydrogen) atoms. The fourth-order valence-electron chi connectivity index (χ4n) is 2.13. The van der Waals surface area contributed by atoms with Gasteiger partial charge in [0.15, 0.2) is 0 Å². The summed E-state index contributed by atoms with van der Waals surface area (Å²) in [6.45, 7) is 1.07. The highest BCUT2D eigenvalue weighted by molar-refractivity contribution is 6.05. The molecule has 0 aliphatic heterocycles. The summed E-state index contributed by atoms with van der Waals surface area (Å²) in [4.78, 5) is 34.1. The summed E-state index contributed by atoms with van der Waals surface area (Å²) in [6.07, 6.45) is -4.93. The molecule has 142 valence electrons. The molecule has 0 radical (unpaired) electrons. The lowest BCUT2D eigenvalue weighted by atomic mass is 10.1. The average molecular weight is 379 g/mol. The van der Waals surface area contributed by atoms with Gasteiger partial charge in [0.25, 0.3) is 5.91 Å². The van der Waals surface area contributed by atoms with Crippen molar-refractivity contribution in [2.24, 2.45) is 0 Å². The van der Waals surface area contributed by atoms with E-state index in [1.807, 2.05) is 0 Å². The van der Waals surface area contributed by atoms with Crippen molar-refractivity contribution < 1.29 is 27.6 Å². The van der Waals surface area contributed by atoms with Gasteiger partial charge in [0.05, 0.1) is 0 Å². The van der Waals surface area contributed by atoms with Gasteiger partial charge in [0.2, 0.25) is 5.91 Å². The first kappa shape index (κ1) is 20.0. The highest BCUT2D eigenvalue weighted by atomic mass is 19.4. The number of nitrogens with one attached hydrogen (secondary N) is 3. The minimum atomic E-state index is -4.93. The number of hydrogen-bond donors (Lipinski definition) is 3.